The van der Waals surface area contributed by atoms with E-state index in [1.165, 1.54) is 23.4 Å². The molecule has 1 aromatic rings. The van der Waals surface area contributed by atoms with Gasteiger partial charge >= 0.3 is 0 Å². The van der Waals surface area contributed by atoms with Gasteiger partial charge in [-0.3, -0.25) is 9.59 Å². The van der Waals surface area contributed by atoms with Crippen LogP contribution in [0.15, 0.2) is 23.3 Å². The number of rotatable bonds is 3. The number of nitriles is 1. The summed E-state index contributed by atoms with van der Waals surface area (Å²) in [5.41, 5.74) is -0.222. The number of hydrogen-bond donors (Lipinski definition) is 1. The van der Waals surface area contributed by atoms with Crippen LogP contribution in [0, 0.1) is 11.3 Å². The van der Waals surface area contributed by atoms with E-state index < -0.39 is 0 Å². The van der Waals surface area contributed by atoms with Crippen molar-refractivity contribution in [1.82, 2.24) is 9.88 Å². The van der Waals surface area contributed by atoms with E-state index in [9.17, 15) is 9.59 Å². The summed E-state index contributed by atoms with van der Waals surface area (Å²) in [7, 11) is 1.56. The molecular formula is C10H11N3O2. The topological polar surface area (TPSA) is 77.0 Å². The Morgan fingerprint density at radius 3 is 3.00 bits per heavy atom. The van der Waals surface area contributed by atoms with Gasteiger partial charge in [0.15, 0.2) is 5.43 Å². The highest BCUT2D eigenvalue weighted by Crippen LogP contribution is 1.96. The third-order valence-corrected chi connectivity index (χ3v) is 1.96. The zero-order valence-corrected chi connectivity index (χ0v) is 8.36. The van der Waals surface area contributed by atoms with E-state index >= 15 is 0 Å². The molecule has 0 spiro atoms. The van der Waals surface area contributed by atoms with Crippen LogP contribution in [0.4, 0.5) is 0 Å². The minimum atomic E-state index is -0.368. The number of H-pyrrole nitrogens is 1. The molecule has 0 aliphatic heterocycles. The van der Waals surface area contributed by atoms with E-state index in [0.717, 1.165) is 0 Å². The van der Waals surface area contributed by atoms with Crippen LogP contribution < -0.4 is 5.43 Å². The Morgan fingerprint density at radius 2 is 2.40 bits per heavy atom. The largest absolute Gasteiger partial charge is 0.367 e. The molecule has 0 unspecified atom stereocenters. The predicted molar refractivity (Wildman–Crippen MR) is 54.3 cm³/mol. The van der Waals surface area contributed by atoms with Crippen molar-refractivity contribution in [2.75, 3.05) is 13.6 Å². The number of nitrogens with zero attached hydrogens (tertiary/aromatic N) is 2. The smallest absolute Gasteiger partial charge is 0.259 e. The molecule has 1 amide bonds. The Kier molecular flexibility index (Phi) is 3.63. The second-order valence-corrected chi connectivity index (χ2v) is 3.06. The fourth-order valence-corrected chi connectivity index (χ4v) is 1.11. The molecule has 0 saturated heterocycles. The summed E-state index contributed by atoms with van der Waals surface area (Å²) >= 11 is 0. The standard InChI is InChI=1S/C10H11N3O2/c1-13(6-2-4-11)10(15)8-7-12-5-3-9(8)14/h3,5,7H,2,6H2,1H3,(H,12,14). The van der Waals surface area contributed by atoms with Crippen LogP contribution in [0.3, 0.4) is 0 Å². The summed E-state index contributed by atoms with van der Waals surface area (Å²) in [5.74, 6) is -0.368. The summed E-state index contributed by atoms with van der Waals surface area (Å²) in [5, 5.41) is 8.37. The van der Waals surface area contributed by atoms with Crippen LogP contribution in [-0.4, -0.2) is 29.4 Å². The molecule has 0 fully saturated rings. The van der Waals surface area contributed by atoms with Crippen molar-refractivity contribution in [3.63, 3.8) is 0 Å². The van der Waals surface area contributed by atoms with Gasteiger partial charge in [-0.05, 0) is 0 Å². The summed E-state index contributed by atoms with van der Waals surface area (Å²) in [4.78, 5) is 27.0. The molecule has 5 nitrogen and oxygen atoms in total. The zero-order valence-electron chi connectivity index (χ0n) is 8.36. The van der Waals surface area contributed by atoms with Crippen LogP contribution in [0.1, 0.15) is 16.8 Å². The second-order valence-electron chi connectivity index (χ2n) is 3.06. The van der Waals surface area contributed by atoms with E-state index in [1.807, 2.05) is 6.07 Å². The predicted octanol–water partition coefficient (Wildman–Crippen LogP) is 0.361. The van der Waals surface area contributed by atoms with E-state index in [2.05, 4.69) is 4.98 Å². The van der Waals surface area contributed by atoms with Crippen LogP contribution in [0.5, 0.6) is 0 Å². The van der Waals surface area contributed by atoms with Gasteiger partial charge in [0.05, 0.1) is 12.5 Å². The fraction of sp³-hybridized carbons (Fsp3) is 0.300. The molecule has 0 atom stereocenters. The molecule has 1 aromatic heterocycles. The first-order valence-electron chi connectivity index (χ1n) is 4.46. The minimum Gasteiger partial charge on any atom is -0.367 e. The van der Waals surface area contributed by atoms with Gasteiger partial charge in [-0.2, -0.15) is 5.26 Å². The third-order valence-electron chi connectivity index (χ3n) is 1.96. The van der Waals surface area contributed by atoms with Gasteiger partial charge in [0.25, 0.3) is 5.91 Å². The number of pyridine rings is 1. The van der Waals surface area contributed by atoms with Gasteiger partial charge in [0, 0.05) is 32.1 Å². The molecule has 1 heterocycles. The van der Waals surface area contributed by atoms with Crippen molar-refractivity contribution < 1.29 is 4.79 Å². The van der Waals surface area contributed by atoms with Crippen molar-refractivity contribution in [2.24, 2.45) is 0 Å². The van der Waals surface area contributed by atoms with Gasteiger partial charge < -0.3 is 9.88 Å². The molecule has 0 bridgehead atoms. The lowest BCUT2D eigenvalue weighted by molar-refractivity contribution is 0.0796. The monoisotopic (exact) mass is 205 g/mol. The van der Waals surface area contributed by atoms with E-state index in [-0.39, 0.29) is 23.3 Å². The zero-order chi connectivity index (χ0) is 11.3. The van der Waals surface area contributed by atoms with Crippen LogP contribution in [0.2, 0.25) is 0 Å². The van der Waals surface area contributed by atoms with Crippen LogP contribution in [0.25, 0.3) is 0 Å². The molecule has 0 radical (unpaired) electrons. The Balaban J connectivity index is 2.82. The number of aromatic nitrogens is 1. The van der Waals surface area contributed by atoms with Gasteiger partial charge in [0.2, 0.25) is 0 Å². The lowest BCUT2D eigenvalue weighted by Gasteiger charge is -2.14. The van der Waals surface area contributed by atoms with Crippen molar-refractivity contribution in [1.29, 1.82) is 5.26 Å². The van der Waals surface area contributed by atoms with Gasteiger partial charge in [-0.25, -0.2) is 0 Å². The quantitative estimate of drug-likeness (QED) is 0.774. The highest BCUT2D eigenvalue weighted by Gasteiger charge is 2.13. The molecule has 0 aliphatic rings. The van der Waals surface area contributed by atoms with Gasteiger partial charge in [-0.1, -0.05) is 0 Å². The first-order chi connectivity index (χ1) is 7.16. The molecule has 5 heteroatoms. The van der Waals surface area contributed by atoms with Crippen molar-refractivity contribution >= 4 is 5.91 Å². The summed E-state index contributed by atoms with van der Waals surface area (Å²) < 4.78 is 0. The molecule has 0 saturated carbocycles. The normalized spacial score (nSPS) is 9.33. The molecule has 1 rings (SSSR count). The van der Waals surface area contributed by atoms with E-state index in [4.69, 9.17) is 5.26 Å². The molecule has 1 N–H and O–H groups in total. The SMILES string of the molecule is CN(CCC#N)C(=O)c1c[nH]ccc1=O. The summed E-state index contributed by atoms with van der Waals surface area (Å²) in [6.45, 7) is 0.323. The average molecular weight is 205 g/mol. The average Bonchev–Trinajstić information content (AvgIpc) is 2.25. The van der Waals surface area contributed by atoms with Gasteiger partial charge in [0.1, 0.15) is 5.56 Å². The van der Waals surface area contributed by atoms with E-state index in [1.54, 1.807) is 7.05 Å². The second kappa shape index (κ2) is 4.96. The number of carbonyl (C=O) groups is 1. The number of hydrogen-bond acceptors (Lipinski definition) is 3. The van der Waals surface area contributed by atoms with Crippen molar-refractivity contribution in [3.8, 4) is 6.07 Å². The Hall–Kier alpha value is -2.09. The highest BCUT2D eigenvalue weighted by atomic mass is 16.2. The maximum atomic E-state index is 11.7. The lowest BCUT2D eigenvalue weighted by atomic mass is 10.2. The maximum absolute atomic E-state index is 11.7. The van der Waals surface area contributed by atoms with Gasteiger partial charge in [-0.15, -0.1) is 0 Å². The minimum absolute atomic E-state index is 0.0953. The van der Waals surface area contributed by atoms with Crippen molar-refractivity contribution in [3.05, 3.63) is 34.2 Å². The number of amides is 1. The van der Waals surface area contributed by atoms with Crippen LogP contribution in [-0.2, 0) is 0 Å². The first-order valence-corrected chi connectivity index (χ1v) is 4.46. The highest BCUT2D eigenvalue weighted by molar-refractivity contribution is 5.93. The number of aromatic amines is 1. The molecule has 78 valence electrons. The number of carbonyl (C=O) groups excluding carboxylic acids is 1. The fourth-order valence-electron chi connectivity index (χ4n) is 1.11. The Bertz CT molecular complexity index is 444. The maximum Gasteiger partial charge on any atom is 0.259 e. The lowest BCUT2D eigenvalue weighted by Crippen LogP contribution is -2.31. The van der Waals surface area contributed by atoms with Crippen LogP contribution >= 0.6 is 0 Å². The summed E-state index contributed by atoms with van der Waals surface area (Å²) in [6.07, 6.45) is 3.09. The molecule has 0 aromatic carbocycles. The number of nitrogens with one attached hydrogen (secondary N) is 1. The van der Waals surface area contributed by atoms with Crippen molar-refractivity contribution in [2.45, 2.75) is 6.42 Å². The Labute approximate surface area is 87.0 Å². The molecule has 15 heavy (non-hydrogen) atoms. The van der Waals surface area contributed by atoms with E-state index in [0.29, 0.717) is 6.54 Å². The summed E-state index contributed by atoms with van der Waals surface area (Å²) in [6, 6.07) is 3.24. The Morgan fingerprint density at radius 1 is 1.67 bits per heavy atom. The molecular weight excluding hydrogens is 194 g/mol. The first kappa shape index (κ1) is 11.0. The third kappa shape index (κ3) is 2.68. The molecule has 0 aliphatic carbocycles.